The lowest BCUT2D eigenvalue weighted by molar-refractivity contribution is -0.133. The molecule has 1 aromatic rings. The monoisotopic (exact) mass is 177 g/mol. The van der Waals surface area contributed by atoms with Gasteiger partial charge in [0.05, 0.1) is 6.42 Å². The van der Waals surface area contributed by atoms with E-state index in [1.54, 1.807) is 30.3 Å². The standard InChI is InChI=1S/C10H11NO2/c11-8-4-7-10(12)13-9-5-2-1-3-6-9/h1-6,8H,7,11H2. The summed E-state index contributed by atoms with van der Waals surface area (Å²) in [5, 5.41) is 0. The Bertz CT molecular complexity index is 293. The Morgan fingerprint density at radius 3 is 2.69 bits per heavy atom. The third kappa shape index (κ3) is 3.42. The molecule has 0 aromatic heterocycles. The number of carbonyl (C=O) groups excluding carboxylic acids is 1. The second kappa shape index (κ2) is 4.98. The average molecular weight is 177 g/mol. The molecule has 0 atom stereocenters. The summed E-state index contributed by atoms with van der Waals surface area (Å²) in [7, 11) is 0. The molecular weight excluding hydrogens is 166 g/mol. The second-order valence-corrected chi connectivity index (χ2v) is 2.42. The minimum absolute atomic E-state index is 0.200. The number of para-hydroxylation sites is 1. The van der Waals surface area contributed by atoms with Crippen LogP contribution in [-0.4, -0.2) is 5.97 Å². The Morgan fingerprint density at radius 1 is 1.38 bits per heavy atom. The largest absolute Gasteiger partial charge is 0.426 e. The molecule has 0 saturated heterocycles. The van der Waals surface area contributed by atoms with Crippen LogP contribution in [0.25, 0.3) is 0 Å². The molecule has 1 aromatic carbocycles. The first-order valence-electron chi connectivity index (χ1n) is 3.95. The predicted octanol–water partition coefficient (Wildman–Crippen LogP) is 1.45. The molecule has 1 rings (SSSR count). The van der Waals surface area contributed by atoms with Crippen LogP contribution in [0.15, 0.2) is 42.6 Å². The summed E-state index contributed by atoms with van der Waals surface area (Å²) in [6.45, 7) is 0. The van der Waals surface area contributed by atoms with Gasteiger partial charge in [-0.1, -0.05) is 24.3 Å². The molecule has 3 nitrogen and oxygen atoms in total. The lowest BCUT2D eigenvalue weighted by Gasteiger charge is -2.00. The summed E-state index contributed by atoms with van der Waals surface area (Å²) in [4.78, 5) is 11.0. The number of esters is 1. The van der Waals surface area contributed by atoms with Crippen molar-refractivity contribution < 1.29 is 9.53 Å². The van der Waals surface area contributed by atoms with Crippen LogP contribution in [0.3, 0.4) is 0 Å². The Labute approximate surface area is 76.8 Å². The third-order valence-electron chi connectivity index (χ3n) is 1.40. The average Bonchev–Trinajstić information content (AvgIpc) is 2.16. The SMILES string of the molecule is NC=CCC(=O)Oc1ccccc1. The van der Waals surface area contributed by atoms with E-state index in [2.05, 4.69) is 0 Å². The van der Waals surface area contributed by atoms with Crippen LogP contribution in [0, 0.1) is 0 Å². The van der Waals surface area contributed by atoms with Gasteiger partial charge in [0, 0.05) is 0 Å². The first-order chi connectivity index (χ1) is 6.33. The molecule has 0 aliphatic heterocycles. The molecule has 0 unspecified atom stereocenters. The fourth-order valence-electron chi connectivity index (χ4n) is 0.826. The number of nitrogens with two attached hydrogens (primary N) is 1. The molecule has 0 fully saturated rings. The summed E-state index contributed by atoms with van der Waals surface area (Å²) in [6.07, 6.45) is 3.07. The number of benzene rings is 1. The highest BCUT2D eigenvalue weighted by atomic mass is 16.5. The van der Waals surface area contributed by atoms with Gasteiger partial charge in [-0.2, -0.15) is 0 Å². The molecule has 2 N–H and O–H groups in total. The molecule has 0 aliphatic carbocycles. The van der Waals surface area contributed by atoms with Crippen LogP contribution >= 0.6 is 0 Å². The van der Waals surface area contributed by atoms with Gasteiger partial charge in [-0.15, -0.1) is 0 Å². The molecule has 68 valence electrons. The predicted molar refractivity (Wildman–Crippen MR) is 50.0 cm³/mol. The first-order valence-corrected chi connectivity index (χ1v) is 3.95. The molecule has 0 bridgehead atoms. The molecular formula is C10H11NO2. The van der Waals surface area contributed by atoms with E-state index in [9.17, 15) is 4.79 Å². The van der Waals surface area contributed by atoms with Gasteiger partial charge in [-0.05, 0) is 18.3 Å². The van der Waals surface area contributed by atoms with E-state index < -0.39 is 0 Å². The van der Waals surface area contributed by atoms with Crippen LogP contribution in [0.5, 0.6) is 5.75 Å². The van der Waals surface area contributed by atoms with E-state index >= 15 is 0 Å². The molecule has 0 heterocycles. The van der Waals surface area contributed by atoms with Crippen molar-refractivity contribution in [1.29, 1.82) is 0 Å². The molecule has 0 spiro atoms. The van der Waals surface area contributed by atoms with Crippen LogP contribution in [0.1, 0.15) is 6.42 Å². The molecule has 13 heavy (non-hydrogen) atoms. The topological polar surface area (TPSA) is 52.3 Å². The van der Waals surface area contributed by atoms with Crippen LogP contribution in [0.4, 0.5) is 0 Å². The number of hydrogen-bond acceptors (Lipinski definition) is 3. The fraction of sp³-hybridized carbons (Fsp3) is 0.100. The summed E-state index contributed by atoms with van der Waals surface area (Å²) < 4.78 is 4.97. The lowest BCUT2D eigenvalue weighted by Crippen LogP contribution is -2.06. The van der Waals surface area contributed by atoms with Gasteiger partial charge < -0.3 is 10.5 Å². The first kappa shape index (κ1) is 9.32. The van der Waals surface area contributed by atoms with Gasteiger partial charge in [-0.3, -0.25) is 4.79 Å². The van der Waals surface area contributed by atoms with Gasteiger partial charge in [0.25, 0.3) is 0 Å². The summed E-state index contributed by atoms with van der Waals surface area (Å²) >= 11 is 0. The maximum Gasteiger partial charge on any atom is 0.315 e. The highest BCUT2D eigenvalue weighted by molar-refractivity contribution is 5.73. The van der Waals surface area contributed by atoms with E-state index in [4.69, 9.17) is 10.5 Å². The summed E-state index contributed by atoms with van der Waals surface area (Å²) in [5.74, 6) is 0.242. The zero-order chi connectivity index (χ0) is 9.52. The van der Waals surface area contributed by atoms with Crippen LogP contribution in [-0.2, 0) is 4.79 Å². The van der Waals surface area contributed by atoms with Crippen LogP contribution < -0.4 is 10.5 Å². The van der Waals surface area contributed by atoms with Gasteiger partial charge in [0.1, 0.15) is 5.75 Å². The van der Waals surface area contributed by atoms with E-state index in [0.29, 0.717) is 5.75 Å². The maximum atomic E-state index is 11.0. The highest BCUT2D eigenvalue weighted by Crippen LogP contribution is 2.08. The van der Waals surface area contributed by atoms with Crippen molar-refractivity contribution in [3.63, 3.8) is 0 Å². The van der Waals surface area contributed by atoms with Gasteiger partial charge in [0.15, 0.2) is 0 Å². The quantitative estimate of drug-likeness (QED) is 0.561. The Balaban J connectivity index is 2.46. The Hall–Kier alpha value is -1.77. The van der Waals surface area contributed by atoms with Crippen molar-refractivity contribution in [3.05, 3.63) is 42.6 Å². The number of rotatable bonds is 3. The zero-order valence-corrected chi connectivity index (χ0v) is 7.14. The Morgan fingerprint density at radius 2 is 2.08 bits per heavy atom. The second-order valence-electron chi connectivity index (χ2n) is 2.42. The van der Waals surface area contributed by atoms with Crippen molar-refractivity contribution in [2.45, 2.75) is 6.42 Å². The fourth-order valence-corrected chi connectivity index (χ4v) is 0.826. The normalized spacial score (nSPS) is 10.2. The van der Waals surface area contributed by atoms with E-state index in [-0.39, 0.29) is 12.4 Å². The number of ether oxygens (including phenoxy) is 1. The summed E-state index contributed by atoms with van der Waals surface area (Å²) in [5.41, 5.74) is 5.08. The van der Waals surface area contributed by atoms with E-state index in [1.165, 1.54) is 6.20 Å². The highest BCUT2D eigenvalue weighted by Gasteiger charge is 2.00. The van der Waals surface area contributed by atoms with Crippen LogP contribution in [0.2, 0.25) is 0 Å². The lowest BCUT2D eigenvalue weighted by atomic mass is 10.3. The van der Waals surface area contributed by atoms with E-state index in [1.807, 2.05) is 6.07 Å². The van der Waals surface area contributed by atoms with Gasteiger partial charge >= 0.3 is 5.97 Å². The van der Waals surface area contributed by atoms with Crippen molar-refractivity contribution in [2.75, 3.05) is 0 Å². The van der Waals surface area contributed by atoms with Gasteiger partial charge in [0.2, 0.25) is 0 Å². The maximum absolute atomic E-state index is 11.0. The molecule has 0 aliphatic rings. The van der Waals surface area contributed by atoms with Gasteiger partial charge in [-0.25, -0.2) is 0 Å². The van der Waals surface area contributed by atoms with Crippen molar-refractivity contribution in [1.82, 2.24) is 0 Å². The zero-order valence-electron chi connectivity index (χ0n) is 7.14. The molecule has 0 saturated carbocycles. The summed E-state index contributed by atoms with van der Waals surface area (Å²) in [6, 6.07) is 8.92. The number of hydrogen-bond donors (Lipinski definition) is 1. The minimum atomic E-state index is -0.312. The van der Waals surface area contributed by atoms with Crippen molar-refractivity contribution in [2.24, 2.45) is 5.73 Å². The Kier molecular flexibility index (Phi) is 3.57. The van der Waals surface area contributed by atoms with Crippen molar-refractivity contribution in [3.8, 4) is 5.75 Å². The number of carbonyl (C=O) groups is 1. The molecule has 0 radical (unpaired) electrons. The molecule has 0 amide bonds. The third-order valence-corrected chi connectivity index (χ3v) is 1.40. The smallest absolute Gasteiger partial charge is 0.315 e. The van der Waals surface area contributed by atoms with Crippen molar-refractivity contribution >= 4 is 5.97 Å². The molecule has 3 heteroatoms. The van der Waals surface area contributed by atoms with E-state index in [0.717, 1.165) is 0 Å². The minimum Gasteiger partial charge on any atom is -0.426 e.